The Morgan fingerprint density at radius 1 is 1.20 bits per heavy atom. The molecule has 2 N–H and O–H groups in total. The fraction of sp³-hybridized carbons (Fsp3) is 0. The molecule has 1 aromatic carbocycles. The molecule has 5 heteroatoms. The molecule has 2 aromatic rings. The SMILES string of the molecule is Nc1cc(F)ccc1Oc1ncccn1. The molecule has 4 nitrogen and oxygen atoms in total. The van der Waals surface area contributed by atoms with Crippen LogP contribution in [0.5, 0.6) is 11.8 Å². The van der Waals surface area contributed by atoms with Crippen molar-refractivity contribution in [1.82, 2.24) is 9.97 Å². The van der Waals surface area contributed by atoms with Crippen molar-refractivity contribution in [2.45, 2.75) is 0 Å². The maximum atomic E-state index is 12.7. The highest BCUT2D eigenvalue weighted by molar-refractivity contribution is 5.53. The number of hydrogen-bond donors (Lipinski definition) is 1. The maximum Gasteiger partial charge on any atom is 0.321 e. The fourth-order valence-corrected chi connectivity index (χ4v) is 1.05. The largest absolute Gasteiger partial charge is 0.422 e. The molecule has 0 bridgehead atoms. The minimum Gasteiger partial charge on any atom is -0.422 e. The topological polar surface area (TPSA) is 61.0 Å². The van der Waals surface area contributed by atoms with Gasteiger partial charge in [0.15, 0.2) is 5.75 Å². The fourth-order valence-electron chi connectivity index (χ4n) is 1.05. The Bertz CT molecular complexity index is 461. The molecule has 2 rings (SSSR count). The minimum absolute atomic E-state index is 0.177. The lowest BCUT2D eigenvalue weighted by Crippen LogP contribution is -1.95. The second kappa shape index (κ2) is 3.91. The standard InChI is InChI=1S/C10H8FN3O/c11-7-2-3-9(8(12)6-7)15-10-13-4-1-5-14-10/h1-6H,12H2. The molecule has 0 fully saturated rings. The lowest BCUT2D eigenvalue weighted by Gasteiger charge is -2.05. The van der Waals surface area contributed by atoms with Gasteiger partial charge in [0.25, 0.3) is 0 Å². The number of benzene rings is 1. The number of ether oxygens (including phenoxy) is 1. The van der Waals surface area contributed by atoms with E-state index in [2.05, 4.69) is 9.97 Å². The molecule has 1 aromatic heterocycles. The summed E-state index contributed by atoms with van der Waals surface area (Å²) in [5.74, 6) is -0.0727. The molecule has 0 aliphatic carbocycles. The number of rotatable bonds is 2. The summed E-state index contributed by atoms with van der Waals surface area (Å²) in [6.45, 7) is 0. The number of nitrogens with zero attached hydrogens (tertiary/aromatic N) is 2. The van der Waals surface area contributed by atoms with Crippen molar-refractivity contribution in [3.8, 4) is 11.8 Å². The highest BCUT2D eigenvalue weighted by Crippen LogP contribution is 2.25. The van der Waals surface area contributed by atoms with Crippen molar-refractivity contribution in [3.63, 3.8) is 0 Å². The van der Waals surface area contributed by atoms with Crippen LogP contribution in [0.3, 0.4) is 0 Å². The average molecular weight is 205 g/mol. The summed E-state index contributed by atoms with van der Waals surface area (Å²) in [5.41, 5.74) is 5.76. The van der Waals surface area contributed by atoms with Crippen LogP contribution in [-0.2, 0) is 0 Å². The molecule has 0 aliphatic heterocycles. The second-order valence-electron chi connectivity index (χ2n) is 2.82. The predicted molar refractivity (Wildman–Crippen MR) is 52.9 cm³/mol. The molecule has 15 heavy (non-hydrogen) atoms. The van der Waals surface area contributed by atoms with Crippen molar-refractivity contribution in [2.75, 3.05) is 5.73 Å². The van der Waals surface area contributed by atoms with E-state index in [1.54, 1.807) is 18.5 Å². The zero-order chi connectivity index (χ0) is 10.7. The third kappa shape index (κ3) is 2.19. The zero-order valence-corrected chi connectivity index (χ0v) is 7.72. The summed E-state index contributed by atoms with van der Waals surface area (Å²) in [6.07, 6.45) is 3.09. The van der Waals surface area contributed by atoms with E-state index < -0.39 is 5.82 Å². The monoisotopic (exact) mass is 205 g/mol. The van der Waals surface area contributed by atoms with Gasteiger partial charge in [0.2, 0.25) is 0 Å². The number of nitrogens with two attached hydrogens (primary N) is 1. The number of hydrogen-bond acceptors (Lipinski definition) is 4. The van der Waals surface area contributed by atoms with E-state index >= 15 is 0 Å². The van der Waals surface area contributed by atoms with Gasteiger partial charge in [0, 0.05) is 18.5 Å². The van der Waals surface area contributed by atoms with Crippen LogP contribution in [0.1, 0.15) is 0 Å². The van der Waals surface area contributed by atoms with Crippen LogP contribution >= 0.6 is 0 Å². The van der Waals surface area contributed by atoms with Crippen molar-refractivity contribution < 1.29 is 9.13 Å². The van der Waals surface area contributed by atoms with Crippen LogP contribution in [0.4, 0.5) is 10.1 Å². The number of aromatic nitrogens is 2. The number of nitrogen functional groups attached to an aromatic ring is 1. The van der Waals surface area contributed by atoms with Crippen LogP contribution in [0.15, 0.2) is 36.7 Å². The molecule has 0 saturated carbocycles. The molecule has 0 amide bonds. The van der Waals surface area contributed by atoms with Gasteiger partial charge >= 0.3 is 6.01 Å². The first-order chi connectivity index (χ1) is 7.25. The summed E-state index contributed by atoms with van der Waals surface area (Å²) in [5, 5.41) is 0. The van der Waals surface area contributed by atoms with Gasteiger partial charge in [-0.15, -0.1) is 0 Å². The number of halogens is 1. The van der Waals surface area contributed by atoms with Gasteiger partial charge < -0.3 is 10.5 Å². The van der Waals surface area contributed by atoms with Crippen LogP contribution in [0, 0.1) is 5.82 Å². The lowest BCUT2D eigenvalue weighted by molar-refractivity contribution is 0.442. The summed E-state index contributed by atoms with van der Waals surface area (Å²) in [7, 11) is 0. The molecule has 0 atom stereocenters. The summed E-state index contributed by atoms with van der Waals surface area (Å²) in [6, 6.07) is 5.71. The molecule has 0 unspecified atom stereocenters. The zero-order valence-electron chi connectivity index (χ0n) is 7.72. The second-order valence-corrected chi connectivity index (χ2v) is 2.82. The van der Waals surface area contributed by atoms with Crippen molar-refractivity contribution in [1.29, 1.82) is 0 Å². The Balaban J connectivity index is 2.25. The van der Waals surface area contributed by atoms with E-state index in [-0.39, 0.29) is 11.7 Å². The first-order valence-corrected chi connectivity index (χ1v) is 4.25. The third-order valence-electron chi connectivity index (χ3n) is 1.72. The van der Waals surface area contributed by atoms with E-state index in [1.165, 1.54) is 18.2 Å². The summed E-state index contributed by atoms with van der Waals surface area (Å²) >= 11 is 0. The van der Waals surface area contributed by atoms with Gasteiger partial charge in [-0.25, -0.2) is 14.4 Å². The molecule has 0 radical (unpaired) electrons. The molecular weight excluding hydrogens is 197 g/mol. The molecule has 0 saturated heterocycles. The first kappa shape index (κ1) is 9.39. The molecule has 76 valence electrons. The van der Waals surface area contributed by atoms with Gasteiger partial charge in [-0.2, -0.15) is 0 Å². The highest BCUT2D eigenvalue weighted by Gasteiger charge is 2.04. The quantitative estimate of drug-likeness (QED) is 0.761. The Morgan fingerprint density at radius 2 is 1.93 bits per heavy atom. The lowest BCUT2D eigenvalue weighted by atomic mass is 10.3. The Labute approximate surface area is 85.5 Å². The third-order valence-corrected chi connectivity index (χ3v) is 1.72. The summed E-state index contributed by atoms with van der Waals surface area (Å²) < 4.78 is 18.0. The van der Waals surface area contributed by atoms with Crippen LogP contribution in [-0.4, -0.2) is 9.97 Å². The van der Waals surface area contributed by atoms with Gasteiger partial charge in [-0.1, -0.05) is 0 Å². The van der Waals surface area contributed by atoms with Crippen LogP contribution in [0.2, 0.25) is 0 Å². The van der Waals surface area contributed by atoms with Gasteiger partial charge in [-0.3, -0.25) is 0 Å². The Morgan fingerprint density at radius 3 is 2.60 bits per heavy atom. The maximum absolute atomic E-state index is 12.7. The number of anilines is 1. The van der Waals surface area contributed by atoms with E-state index in [9.17, 15) is 4.39 Å². The van der Waals surface area contributed by atoms with Crippen LogP contribution in [0.25, 0.3) is 0 Å². The van der Waals surface area contributed by atoms with Crippen molar-refractivity contribution in [2.24, 2.45) is 0 Å². The van der Waals surface area contributed by atoms with Crippen molar-refractivity contribution in [3.05, 3.63) is 42.5 Å². The van der Waals surface area contributed by atoms with Gasteiger partial charge in [-0.05, 0) is 18.2 Å². The van der Waals surface area contributed by atoms with E-state index in [0.29, 0.717) is 5.75 Å². The minimum atomic E-state index is -0.408. The highest BCUT2D eigenvalue weighted by atomic mass is 19.1. The van der Waals surface area contributed by atoms with E-state index in [4.69, 9.17) is 10.5 Å². The van der Waals surface area contributed by atoms with Gasteiger partial charge in [0.05, 0.1) is 5.69 Å². The molecule has 0 aliphatic rings. The van der Waals surface area contributed by atoms with E-state index in [1.807, 2.05) is 0 Å². The molecular formula is C10H8FN3O. The van der Waals surface area contributed by atoms with Crippen molar-refractivity contribution >= 4 is 5.69 Å². The Kier molecular flexibility index (Phi) is 2.45. The van der Waals surface area contributed by atoms with E-state index in [0.717, 1.165) is 0 Å². The van der Waals surface area contributed by atoms with Crippen LogP contribution < -0.4 is 10.5 Å². The molecule has 1 heterocycles. The summed E-state index contributed by atoms with van der Waals surface area (Å²) in [4.78, 5) is 7.71. The normalized spacial score (nSPS) is 9.93. The smallest absolute Gasteiger partial charge is 0.321 e. The first-order valence-electron chi connectivity index (χ1n) is 4.25. The predicted octanol–water partition coefficient (Wildman–Crippen LogP) is 1.99. The van der Waals surface area contributed by atoms with Gasteiger partial charge in [0.1, 0.15) is 5.82 Å². The Hall–Kier alpha value is -2.17. The average Bonchev–Trinajstić information content (AvgIpc) is 2.24. The molecule has 0 spiro atoms.